The summed E-state index contributed by atoms with van der Waals surface area (Å²) in [4.78, 5) is 0. The zero-order valence-corrected chi connectivity index (χ0v) is 8.78. The van der Waals surface area contributed by atoms with E-state index in [2.05, 4.69) is 0 Å². The van der Waals surface area contributed by atoms with Crippen molar-refractivity contribution in [2.75, 3.05) is 13.7 Å². The monoisotopic (exact) mass is 196 g/mol. The summed E-state index contributed by atoms with van der Waals surface area (Å²) < 4.78 is 10.5. The lowest BCUT2D eigenvalue weighted by molar-refractivity contribution is 0.193. The molecule has 0 radical (unpaired) electrons. The van der Waals surface area contributed by atoms with Crippen molar-refractivity contribution < 1.29 is 14.6 Å². The Morgan fingerprint density at radius 1 is 1.43 bits per heavy atom. The van der Waals surface area contributed by atoms with Gasteiger partial charge in [-0.25, -0.2) is 0 Å². The van der Waals surface area contributed by atoms with E-state index in [9.17, 15) is 5.11 Å². The molecule has 0 amide bonds. The summed E-state index contributed by atoms with van der Waals surface area (Å²) in [7, 11) is 1.58. The average Bonchev–Trinajstić information content (AvgIpc) is 2.18. The maximum Gasteiger partial charge on any atom is 0.124 e. The molecule has 0 spiro atoms. The number of rotatable bonds is 4. The predicted octanol–water partition coefficient (Wildman–Crippen LogP) is 2.15. The molecule has 0 saturated heterocycles. The zero-order chi connectivity index (χ0) is 10.6. The van der Waals surface area contributed by atoms with Gasteiger partial charge in [-0.3, -0.25) is 0 Å². The third-order valence-corrected chi connectivity index (χ3v) is 1.96. The highest BCUT2D eigenvalue weighted by Crippen LogP contribution is 2.28. The summed E-state index contributed by atoms with van der Waals surface area (Å²) in [5.41, 5.74) is 0.749. The molecule has 1 unspecified atom stereocenters. The van der Waals surface area contributed by atoms with Crippen LogP contribution in [0, 0.1) is 0 Å². The second-order valence-electron chi connectivity index (χ2n) is 3.01. The van der Waals surface area contributed by atoms with Gasteiger partial charge in [0.25, 0.3) is 0 Å². The first-order valence-corrected chi connectivity index (χ1v) is 4.67. The Bertz CT molecular complexity index is 295. The van der Waals surface area contributed by atoms with Crippen LogP contribution in [-0.4, -0.2) is 18.8 Å². The molecule has 1 rings (SSSR count). The highest BCUT2D eigenvalue weighted by atomic mass is 16.5. The molecule has 0 saturated carbocycles. The van der Waals surface area contributed by atoms with Crippen molar-refractivity contribution in [3.63, 3.8) is 0 Å². The Hall–Kier alpha value is -1.22. The summed E-state index contributed by atoms with van der Waals surface area (Å²) in [6.45, 7) is 4.24. The van der Waals surface area contributed by atoms with Crippen LogP contribution in [0.3, 0.4) is 0 Å². The van der Waals surface area contributed by atoms with E-state index in [0.29, 0.717) is 12.4 Å². The number of aliphatic hydroxyl groups excluding tert-OH is 1. The van der Waals surface area contributed by atoms with Gasteiger partial charge in [0.05, 0.1) is 19.8 Å². The quantitative estimate of drug-likeness (QED) is 0.801. The SMILES string of the molecule is CCOc1ccc(OC)c(C(C)O)c1. The van der Waals surface area contributed by atoms with Gasteiger partial charge in [-0.05, 0) is 32.0 Å². The number of methoxy groups -OCH3 is 1. The number of hydrogen-bond acceptors (Lipinski definition) is 3. The van der Waals surface area contributed by atoms with Gasteiger partial charge in [-0.15, -0.1) is 0 Å². The van der Waals surface area contributed by atoms with E-state index in [0.717, 1.165) is 11.3 Å². The second kappa shape index (κ2) is 4.86. The van der Waals surface area contributed by atoms with Crippen molar-refractivity contribution in [2.45, 2.75) is 20.0 Å². The molecule has 1 N–H and O–H groups in total. The van der Waals surface area contributed by atoms with Gasteiger partial charge in [0.15, 0.2) is 0 Å². The third kappa shape index (κ3) is 2.39. The first kappa shape index (κ1) is 10.9. The fourth-order valence-corrected chi connectivity index (χ4v) is 1.30. The number of hydrogen-bond donors (Lipinski definition) is 1. The van der Waals surface area contributed by atoms with Crippen LogP contribution in [0.15, 0.2) is 18.2 Å². The number of aliphatic hydroxyl groups is 1. The largest absolute Gasteiger partial charge is 0.496 e. The van der Waals surface area contributed by atoms with Crippen LogP contribution < -0.4 is 9.47 Å². The van der Waals surface area contributed by atoms with Crippen molar-refractivity contribution >= 4 is 0 Å². The molecule has 1 aromatic rings. The fraction of sp³-hybridized carbons (Fsp3) is 0.455. The van der Waals surface area contributed by atoms with Crippen LogP contribution in [0.5, 0.6) is 11.5 Å². The summed E-state index contributed by atoms with van der Waals surface area (Å²) in [5.74, 6) is 1.44. The van der Waals surface area contributed by atoms with Crippen molar-refractivity contribution in [1.82, 2.24) is 0 Å². The minimum atomic E-state index is -0.551. The van der Waals surface area contributed by atoms with Crippen molar-refractivity contribution in [3.8, 4) is 11.5 Å². The first-order valence-electron chi connectivity index (χ1n) is 4.67. The minimum Gasteiger partial charge on any atom is -0.496 e. The summed E-state index contributed by atoms with van der Waals surface area (Å²) in [6.07, 6.45) is -0.551. The summed E-state index contributed by atoms with van der Waals surface area (Å²) in [6, 6.07) is 5.42. The number of benzene rings is 1. The molecule has 3 heteroatoms. The van der Waals surface area contributed by atoms with E-state index < -0.39 is 6.10 Å². The Labute approximate surface area is 84.3 Å². The van der Waals surface area contributed by atoms with Crippen molar-refractivity contribution in [3.05, 3.63) is 23.8 Å². The van der Waals surface area contributed by atoms with Gasteiger partial charge in [0.2, 0.25) is 0 Å². The molecule has 0 aliphatic carbocycles. The summed E-state index contributed by atoms with van der Waals surface area (Å²) in [5, 5.41) is 9.49. The Morgan fingerprint density at radius 3 is 2.64 bits per heavy atom. The van der Waals surface area contributed by atoms with Gasteiger partial charge >= 0.3 is 0 Å². The van der Waals surface area contributed by atoms with Crippen LogP contribution >= 0.6 is 0 Å². The fourth-order valence-electron chi connectivity index (χ4n) is 1.30. The molecule has 14 heavy (non-hydrogen) atoms. The van der Waals surface area contributed by atoms with E-state index in [1.54, 1.807) is 26.2 Å². The van der Waals surface area contributed by atoms with E-state index in [-0.39, 0.29) is 0 Å². The van der Waals surface area contributed by atoms with Gasteiger partial charge in [-0.1, -0.05) is 0 Å². The van der Waals surface area contributed by atoms with Crippen LogP contribution in [0.25, 0.3) is 0 Å². The van der Waals surface area contributed by atoms with Crippen LogP contribution in [-0.2, 0) is 0 Å². The van der Waals surface area contributed by atoms with Crippen LogP contribution in [0.4, 0.5) is 0 Å². The topological polar surface area (TPSA) is 38.7 Å². The molecule has 0 bridgehead atoms. The molecule has 78 valence electrons. The zero-order valence-electron chi connectivity index (χ0n) is 8.78. The van der Waals surface area contributed by atoms with Gasteiger partial charge in [-0.2, -0.15) is 0 Å². The first-order chi connectivity index (χ1) is 6.69. The minimum absolute atomic E-state index is 0.551. The molecule has 1 aromatic carbocycles. The van der Waals surface area contributed by atoms with Gasteiger partial charge in [0, 0.05) is 5.56 Å². The van der Waals surface area contributed by atoms with Crippen molar-refractivity contribution in [1.29, 1.82) is 0 Å². The van der Waals surface area contributed by atoms with E-state index in [4.69, 9.17) is 9.47 Å². The highest BCUT2D eigenvalue weighted by molar-refractivity contribution is 5.41. The van der Waals surface area contributed by atoms with E-state index in [1.165, 1.54) is 0 Å². The average molecular weight is 196 g/mol. The molecule has 0 heterocycles. The smallest absolute Gasteiger partial charge is 0.124 e. The Kier molecular flexibility index (Phi) is 3.77. The Balaban J connectivity index is 3.01. The van der Waals surface area contributed by atoms with Gasteiger partial charge < -0.3 is 14.6 Å². The highest BCUT2D eigenvalue weighted by Gasteiger charge is 2.09. The molecular formula is C11H16O3. The molecular weight excluding hydrogens is 180 g/mol. The number of ether oxygens (including phenoxy) is 2. The van der Waals surface area contributed by atoms with Crippen molar-refractivity contribution in [2.24, 2.45) is 0 Å². The second-order valence-corrected chi connectivity index (χ2v) is 3.01. The lowest BCUT2D eigenvalue weighted by atomic mass is 10.1. The van der Waals surface area contributed by atoms with E-state index in [1.807, 2.05) is 13.0 Å². The predicted molar refractivity (Wildman–Crippen MR) is 54.8 cm³/mol. The Morgan fingerprint density at radius 2 is 2.14 bits per heavy atom. The van der Waals surface area contributed by atoms with Gasteiger partial charge in [0.1, 0.15) is 11.5 Å². The summed E-state index contributed by atoms with van der Waals surface area (Å²) >= 11 is 0. The lowest BCUT2D eigenvalue weighted by Gasteiger charge is -2.12. The molecule has 3 nitrogen and oxygen atoms in total. The standard InChI is InChI=1S/C11H16O3/c1-4-14-9-5-6-11(13-3)10(7-9)8(2)12/h5-8,12H,4H2,1-3H3. The van der Waals surface area contributed by atoms with Crippen LogP contribution in [0.2, 0.25) is 0 Å². The lowest BCUT2D eigenvalue weighted by Crippen LogP contribution is -1.98. The maximum absolute atomic E-state index is 9.49. The molecule has 0 aliphatic heterocycles. The normalized spacial score (nSPS) is 12.3. The maximum atomic E-state index is 9.49. The molecule has 0 fully saturated rings. The molecule has 0 aliphatic rings. The van der Waals surface area contributed by atoms with Crippen LogP contribution in [0.1, 0.15) is 25.5 Å². The molecule has 0 aromatic heterocycles. The third-order valence-electron chi connectivity index (χ3n) is 1.96. The molecule has 1 atom stereocenters. The van der Waals surface area contributed by atoms with E-state index >= 15 is 0 Å².